The molecule has 0 spiro atoms. The summed E-state index contributed by atoms with van der Waals surface area (Å²) in [5, 5.41) is 26.5. The van der Waals surface area contributed by atoms with Crippen molar-refractivity contribution in [3.05, 3.63) is 50.6 Å². The lowest BCUT2D eigenvalue weighted by Crippen LogP contribution is -2.36. The maximum absolute atomic E-state index is 11.3. The molecule has 2 bridgehead atoms. The van der Waals surface area contributed by atoms with Crippen LogP contribution in [0.1, 0.15) is 32.1 Å². The van der Waals surface area contributed by atoms with Gasteiger partial charge >= 0.3 is 5.69 Å². The smallest absolute Gasteiger partial charge is 0.321 e. The summed E-state index contributed by atoms with van der Waals surface area (Å²) in [6.07, 6.45) is 6.99. The minimum absolute atomic E-state index is 0.0195. The predicted molar refractivity (Wildman–Crippen MR) is 103 cm³/mol. The van der Waals surface area contributed by atoms with E-state index in [1.165, 1.54) is 6.07 Å². The van der Waals surface area contributed by atoms with Gasteiger partial charge in [0, 0.05) is 12.5 Å². The lowest BCUT2D eigenvalue weighted by molar-refractivity contribution is -0.394. The number of benzene rings is 1. The molecule has 2 atom stereocenters. The van der Waals surface area contributed by atoms with Gasteiger partial charge in [0.05, 0.1) is 40.9 Å². The van der Waals surface area contributed by atoms with Crippen LogP contribution in [-0.2, 0) is 14.2 Å². The highest BCUT2D eigenvalue weighted by Gasteiger charge is 2.46. The predicted octanol–water partition coefficient (Wildman–Crippen LogP) is 3.27. The van der Waals surface area contributed by atoms with Crippen LogP contribution in [0.5, 0.6) is 5.75 Å². The molecule has 3 aliphatic rings. The molecule has 1 aromatic carbocycles. The van der Waals surface area contributed by atoms with Gasteiger partial charge < -0.3 is 19.0 Å². The van der Waals surface area contributed by atoms with Gasteiger partial charge in [-0.15, -0.1) is 0 Å². The van der Waals surface area contributed by atoms with Crippen molar-refractivity contribution >= 4 is 17.1 Å². The number of nitro groups is 2. The van der Waals surface area contributed by atoms with Crippen LogP contribution in [0.4, 0.5) is 11.4 Å². The Morgan fingerprint density at radius 2 is 2.03 bits per heavy atom. The number of nitrogens with zero attached hydrogens (tertiary/aromatic N) is 3. The number of hydrogen-bond acceptors (Lipinski definition) is 9. The SMILES string of the molecule is O=[N+]([O-])c1ccc(O/N=C(/CCC2OCCCO2)C23C=CC(CC2)O3)c([N+](=O)[O-])c1. The van der Waals surface area contributed by atoms with E-state index in [2.05, 4.69) is 5.16 Å². The van der Waals surface area contributed by atoms with Crippen molar-refractivity contribution in [2.24, 2.45) is 5.16 Å². The van der Waals surface area contributed by atoms with Gasteiger partial charge in [0.2, 0.25) is 5.75 Å². The third kappa shape index (κ3) is 4.18. The molecule has 2 unspecified atom stereocenters. The van der Waals surface area contributed by atoms with Gasteiger partial charge in [-0.2, -0.15) is 0 Å². The first-order valence-electron chi connectivity index (χ1n) is 9.74. The monoisotopic (exact) mass is 419 g/mol. The number of hydrogen-bond donors (Lipinski definition) is 0. The molecule has 0 N–H and O–H groups in total. The second-order valence-corrected chi connectivity index (χ2v) is 7.30. The van der Waals surface area contributed by atoms with Gasteiger partial charge in [0.1, 0.15) is 5.60 Å². The zero-order valence-corrected chi connectivity index (χ0v) is 16.1. The average Bonchev–Trinajstić information content (AvgIpc) is 3.36. The van der Waals surface area contributed by atoms with Gasteiger partial charge in [0.25, 0.3) is 5.69 Å². The van der Waals surface area contributed by atoms with Crippen LogP contribution < -0.4 is 4.84 Å². The highest BCUT2D eigenvalue weighted by Crippen LogP contribution is 2.41. The molecule has 4 rings (SSSR count). The topological polar surface area (TPSA) is 136 Å². The fraction of sp³-hybridized carbons (Fsp3) is 0.526. The first-order chi connectivity index (χ1) is 14.5. The zero-order chi connectivity index (χ0) is 21.1. The van der Waals surface area contributed by atoms with E-state index in [0.29, 0.717) is 31.8 Å². The van der Waals surface area contributed by atoms with E-state index in [1.807, 2.05) is 12.2 Å². The van der Waals surface area contributed by atoms with Gasteiger partial charge in [-0.3, -0.25) is 20.2 Å². The summed E-state index contributed by atoms with van der Waals surface area (Å²) in [6.45, 7) is 1.26. The molecule has 1 aromatic rings. The summed E-state index contributed by atoms with van der Waals surface area (Å²) >= 11 is 0. The number of fused-ring (bicyclic) bond motifs is 2. The van der Waals surface area contributed by atoms with E-state index in [0.717, 1.165) is 31.4 Å². The van der Waals surface area contributed by atoms with E-state index in [1.54, 1.807) is 0 Å². The molecule has 160 valence electrons. The lowest BCUT2D eigenvalue weighted by atomic mass is 9.88. The summed E-state index contributed by atoms with van der Waals surface area (Å²) in [6, 6.07) is 3.16. The van der Waals surface area contributed by atoms with E-state index in [4.69, 9.17) is 19.0 Å². The zero-order valence-electron chi connectivity index (χ0n) is 16.1. The Kier molecular flexibility index (Phi) is 5.75. The van der Waals surface area contributed by atoms with Crippen LogP contribution in [0.3, 0.4) is 0 Å². The summed E-state index contributed by atoms with van der Waals surface area (Å²) in [4.78, 5) is 26.2. The second kappa shape index (κ2) is 8.46. The van der Waals surface area contributed by atoms with Crippen molar-refractivity contribution in [1.82, 2.24) is 0 Å². The molecule has 0 saturated carbocycles. The molecular formula is C19H21N3O8. The highest BCUT2D eigenvalue weighted by molar-refractivity contribution is 5.95. The maximum atomic E-state index is 11.3. The number of ether oxygens (including phenoxy) is 3. The molecule has 2 saturated heterocycles. The van der Waals surface area contributed by atoms with Crippen molar-refractivity contribution < 1.29 is 28.9 Å². The molecule has 2 fully saturated rings. The summed E-state index contributed by atoms with van der Waals surface area (Å²) in [5.74, 6) is -0.179. The van der Waals surface area contributed by atoms with E-state index >= 15 is 0 Å². The highest BCUT2D eigenvalue weighted by atomic mass is 16.7. The third-order valence-corrected chi connectivity index (χ3v) is 5.35. The van der Waals surface area contributed by atoms with Crippen molar-refractivity contribution in [1.29, 1.82) is 0 Å². The van der Waals surface area contributed by atoms with Crippen LogP contribution in [0.15, 0.2) is 35.5 Å². The Morgan fingerprint density at radius 3 is 2.63 bits per heavy atom. The largest absolute Gasteiger partial charge is 0.357 e. The molecule has 3 heterocycles. The number of nitro benzene ring substituents is 2. The standard InChI is InChI=1S/C19H21N3O8/c23-21(24)13-2-3-16(15(12-13)22(25)26)30-20-17(4-5-18-27-10-1-11-28-18)19-8-6-14(29-19)7-9-19/h2-3,6,8,12,14,18H,1,4-5,7,9-11H2/b20-17-. The van der Waals surface area contributed by atoms with Crippen molar-refractivity contribution in [2.45, 2.75) is 50.1 Å². The number of oxime groups is 1. The molecule has 11 nitrogen and oxygen atoms in total. The summed E-state index contributed by atoms with van der Waals surface area (Å²) < 4.78 is 17.2. The van der Waals surface area contributed by atoms with E-state index in [-0.39, 0.29) is 18.1 Å². The van der Waals surface area contributed by atoms with Crippen molar-refractivity contribution in [3.63, 3.8) is 0 Å². The van der Waals surface area contributed by atoms with E-state index < -0.39 is 26.8 Å². The Hall–Kier alpha value is -2.89. The lowest BCUT2D eigenvalue weighted by Gasteiger charge is -2.27. The first kappa shape index (κ1) is 20.4. The van der Waals surface area contributed by atoms with Gasteiger partial charge in [-0.05, 0) is 37.8 Å². The molecule has 0 radical (unpaired) electrons. The minimum atomic E-state index is -0.739. The number of rotatable bonds is 8. The minimum Gasteiger partial charge on any atom is -0.357 e. The fourth-order valence-electron chi connectivity index (χ4n) is 3.81. The Bertz CT molecular complexity index is 896. The summed E-state index contributed by atoms with van der Waals surface area (Å²) in [7, 11) is 0. The Morgan fingerprint density at radius 1 is 1.23 bits per heavy atom. The molecule has 3 aliphatic heterocycles. The molecule has 0 aliphatic carbocycles. The normalized spacial score (nSPS) is 26.1. The maximum Gasteiger partial charge on any atom is 0.321 e. The molecule has 30 heavy (non-hydrogen) atoms. The third-order valence-electron chi connectivity index (χ3n) is 5.35. The number of non-ortho nitro benzene ring substituents is 1. The summed E-state index contributed by atoms with van der Waals surface area (Å²) in [5.41, 5.74) is -1.07. The van der Waals surface area contributed by atoms with Gasteiger partial charge in [0.15, 0.2) is 6.29 Å². The fourth-order valence-corrected chi connectivity index (χ4v) is 3.81. The van der Waals surface area contributed by atoms with Crippen LogP contribution in [0.2, 0.25) is 0 Å². The van der Waals surface area contributed by atoms with Crippen molar-refractivity contribution in [2.75, 3.05) is 13.2 Å². The molecule has 0 amide bonds. The van der Waals surface area contributed by atoms with Gasteiger partial charge in [-0.25, -0.2) is 0 Å². The van der Waals surface area contributed by atoms with Crippen LogP contribution in [0.25, 0.3) is 0 Å². The quantitative estimate of drug-likeness (QED) is 0.271. The Balaban J connectivity index is 1.57. The molecule has 11 heteroatoms. The second-order valence-electron chi connectivity index (χ2n) is 7.30. The van der Waals surface area contributed by atoms with Crippen LogP contribution in [-0.4, -0.2) is 46.8 Å². The van der Waals surface area contributed by atoms with Crippen molar-refractivity contribution in [3.8, 4) is 5.75 Å². The van der Waals surface area contributed by atoms with E-state index in [9.17, 15) is 20.2 Å². The average molecular weight is 419 g/mol. The van der Waals surface area contributed by atoms with Crippen LogP contribution >= 0.6 is 0 Å². The molecule has 0 aromatic heterocycles. The van der Waals surface area contributed by atoms with Crippen LogP contribution in [0, 0.1) is 20.2 Å². The van der Waals surface area contributed by atoms with Gasteiger partial charge in [-0.1, -0.05) is 11.2 Å². The molecular weight excluding hydrogens is 398 g/mol. The first-order valence-corrected chi connectivity index (χ1v) is 9.74. The Labute approximate surface area is 171 Å².